The Morgan fingerprint density at radius 2 is 2.15 bits per heavy atom. The van der Waals surface area contributed by atoms with Crippen LogP contribution in [0, 0.1) is 10.1 Å². The molecule has 102 valence electrons. The van der Waals surface area contributed by atoms with Gasteiger partial charge in [0.15, 0.2) is 5.16 Å². The predicted molar refractivity (Wildman–Crippen MR) is 71.9 cm³/mol. The van der Waals surface area contributed by atoms with Crippen LogP contribution in [0.2, 0.25) is 0 Å². The van der Waals surface area contributed by atoms with Gasteiger partial charge in [0.1, 0.15) is 12.1 Å². The molecule has 0 unspecified atom stereocenters. The number of nitro benzene ring substituents is 1. The summed E-state index contributed by atoms with van der Waals surface area (Å²) in [5.41, 5.74) is 4.92. The third-order valence-corrected chi connectivity index (χ3v) is 3.21. The quantitative estimate of drug-likeness (QED) is 0.374. The van der Waals surface area contributed by atoms with Crippen LogP contribution < -0.4 is 11.3 Å². The molecule has 0 atom stereocenters. The Bertz CT molecular complexity index is 743. The van der Waals surface area contributed by atoms with E-state index in [1.54, 1.807) is 0 Å². The van der Waals surface area contributed by atoms with E-state index in [2.05, 4.69) is 9.97 Å². The first kappa shape index (κ1) is 13.7. The number of nitrogen functional groups attached to an aromatic ring is 1. The summed E-state index contributed by atoms with van der Waals surface area (Å²) < 4.78 is 0. The highest BCUT2D eigenvalue weighted by Crippen LogP contribution is 2.33. The van der Waals surface area contributed by atoms with Gasteiger partial charge in [-0.2, -0.15) is 0 Å². The Balaban J connectivity index is 2.44. The summed E-state index contributed by atoms with van der Waals surface area (Å²) in [6, 6.07) is 5.11. The second-order valence-corrected chi connectivity index (χ2v) is 4.71. The Hall–Kier alpha value is -2.68. The summed E-state index contributed by atoms with van der Waals surface area (Å²) in [7, 11) is 0. The molecule has 0 amide bonds. The van der Waals surface area contributed by atoms with Crippen LogP contribution in [0.1, 0.15) is 10.4 Å². The smallest absolute Gasteiger partial charge is 0.284 e. The molecule has 0 saturated heterocycles. The summed E-state index contributed by atoms with van der Waals surface area (Å²) in [5.74, 6) is 0.0171. The normalized spacial score (nSPS) is 10.2. The number of aromatic amines is 1. The Morgan fingerprint density at radius 1 is 1.40 bits per heavy atom. The third-order valence-electron chi connectivity index (χ3n) is 2.26. The lowest BCUT2D eigenvalue weighted by Crippen LogP contribution is -2.09. The minimum Gasteiger partial charge on any atom is -0.383 e. The standard InChI is InChI=1S/C11H8N4O4S/c12-9-4-10(17)14-11(13-9)20-8-2-1-6(5-16)3-7(8)15(18)19/h1-5H,(H3,12,13,14,17). The zero-order valence-corrected chi connectivity index (χ0v) is 10.7. The lowest BCUT2D eigenvalue weighted by molar-refractivity contribution is -0.387. The lowest BCUT2D eigenvalue weighted by Gasteiger charge is -2.03. The van der Waals surface area contributed by atoms with Gasteiger partial charge < -0.3 is 10.7 Å². The van der Waals surface area contributed by atoms with E-state index >= 15 is 0 Å². The highest BCUT2D eigenvalue weighted by atomic mass is 32.2. The average Bonchev–Trinajstić information content (AvgIpc) is 2.37. The van der Waals surface area contributed by atoms with Crippen molar-refractivity contribution in [3.63, 3.8) is 0 Å². The zero-order chi connectivity index (χ0) is 14.7. The fraction of sp³-hybridized carbons (Fsp3) is 0. The number of carbonyl (C=O) groups excluding carboxylic acids is 1. The molecule has 8 nitrogen and oxygen atoms in total. The van der Waals surface area contributed by atoms with Gasteiger partial charge in [-0.3, -0.25) is 19.7 Å². The van der Waals surface area contributed by atoms with Gasteiger partial charge in [0.2, 0.25) is 0 Å². The van der Waals surface area contributed by atoms with Crippen molar-refractivity contribution in [2.75, 3.05) is 5.73 Å². The van der Waals surface area contributed by atoms with Crippen molar-refractivity contribution >= 4 is 29.6 Å². The maximum absolute atomic E-state index is 11.3. The average molecular weight is 292 g/mol. The van der Waals surface area contributed by atoms with E-state index < -0.39 is 10.5 Å². The van der Waals surface area contributed by atoms with Crippen LogP contribution in [0.4, 0.5) is 11.5 Å². The second-order valence-electron chi connectivity index (χ2n) is 3.68. The molecule has 1 heterocycles. The van der Waals surface area contributed by atoms with Gasteiger partial charge in [0.25, 0.3) is 11.2 Å². The fourth-order valence-corrected chi connectivity index (χ4v) is 2.33. The molecule has 1 aromatic heterocycles. The summed E-state index contributed by atoms with van der Waals surface area (Å²) in [5, 5.41) is 11.1. The summed E-state index contributed by atoms with van der Waals surface area (Å²) in [6.07, 6.45) is 0.516. The van der Waals surface area contributed by atoms with Gasteiger partial charge in [-0.15, -0.1) is 0 Å². The molecule has 0 aliphatic rings. The number of aromatic nitrogens is 2. The first-order chi connectivity index (χ1) is 9.49. The highest BCUT2D eigenvalue weighted by Gasteiger charge is 2.16. The number of nitro groups is 1. The number of benzene rings is 1. The van der Waals surface area contributed by atoms with Crippen LogP contribution in [0.3, 0.4) is 0 Å². The van der Waals surface area contributed by atoms with Gasteiger partial charge in [0.05, 0.1) is 9.82 Å². The van der Waals surface area contributed by atoms with Crippen LogP contribution in [0.5, 0.6) is 0 Å². The lowest BCUT2D eigenvalue weighted by atomic mass is 10.2. The monoisotopic (exact) mass is 292 g/mol. The van der Waals surface area contributed by atoms with E-state index in [-0.39, 0.29) is 27.1 Å². The Kier molecular flexibility index (Phi) is 3.80. The summed E-state index contributed by atoms with van der Waals surface area (Å²) in [6.45, 7) is 0. The molecule has 0 spiro atoms. The van der Waals surface area contributed by atoms with Crippen LogP contribution in [0.15, 0.2) is 39.1 Å². The number of aldehydes is 1. The first-order valence-electron chi connectivity index (χ1n) is 5.28. The van der Waals surface area contributed by atoms with Crippen LogP contribution in [0.25, 0.3) is 0 Å². The molecule has 0 fully saturated rings. The molecule has 0 saturated carbocycles. The fourth-order valence-electron chi connectivity index (χ4n) is 1.44. The van der Waals surface area contributed by atoms with Gasteiger partial charge in [-0.25, -0.2) is 4.98 Å². The molecule has 3 N–H and O–H groups in total. The van der Waals surface area contributed by atoms with E-state index in [0.29, 0.717) is 6.29 Å². The topological polar surface area (TPSA) is 132 Å². The van der Waals surface area contributed by atoms with Crippen LogP contribution in [-0.2, 0) is 0 Å². The molecule has 0 aliphatic heterocycles. The summed E-state index contributed by atoms with van der Waals surface area (Å²) in [4.78, 5) is 38.8. The van der Waals surface area contributed by atoms with E-state index in [0.717, 1.165) is 23.9 Å². The van der Waals surface area contributed by atoms with Gasteiger partial charge in [-0.05, 0) is 17.8 Å². The number of anilines is 1. The third kappa shape index (κ3) is 3.01. The number of nitrogens with one attached hydrogen (secondary N) is 1. The van der Waals surface area contributed by atoms with E-state index in [9.17, 15) is 19.7 Å². The largest absolute Gasteiger partial charge is 0.383 e. The molecule has 2 rings (SSSR count). The molecule has 2 aromatic rings. The molecule has 1 aromatic carbocycles. The van der Waals surface area contributed by atoms with E-state index in [4.69, 9.17) is 5.73 Å². The number of carbonyl (C=O) groups is 1. The van der Waals surface area contributed by atoms with E-state index in [1.807, 2.05) is 0 Å². The minimum atomic E-state index is -0.611. The second kappa shape index (κ2) is 5.53. The minimum absolute atomic E-state index is 0.0171. The van der Waals surface area contributed by atoms with Crippen molar-refractivity contribution in [3.8, 4) is 0 Å². The number of hydrogen-bond donors (Lipinski definition) is 2. The van der Waals surface area contributed by atoms with Crippen molar-refractivity contribution in [1.29, 1.82) is 0 Å². The highest BCUT2D eigenvalue weighted by molar-refractivity contribution is 7.99. The zero-order valence-electron chi connectivity index (χ0n) is 9.90. The van der Waals surface area contributed by atoms with Crippen LogP contribution >= 0.6 is 11.8 Å². The first-order valence-corrected chi connectivity index (χ1v) is 6.09. The molecule has 0 aliphatic carbocycles. The SMILES string of the molecule is Nc1cc(=O)[nH]c(Sc2ccc(C=O)cc2[N+](=O)[O-])n1. The maximum Gasteiger partial charge on any atom is 0.284 e. The predicted octanol–water partition coefficient (Wildman–Crippen LogP) is 1.22. The van der Waals surface area contributed by atoms with Crippen molar-refractivity contribution < 1.29 is 9.72 Å². The molecule has 20 heavy (non-hydrogen) atoms. The van der Waals surface area contributed by atoms with Crippen molar-refractivity contribution in [2.45, 2.75) is 10.1 Å². The number of H-pyrrole nitrogens is 1. The Morgan fingerprint density at radius 3 is 2.75 bits per heavy atom. The molecule has 0 radical (unpaired) electrons. The van der Waals surface area contributed by atoms with E-state index in [1.165, 1.54) is 12.1 Å². The van der Waals surface area contributed by atoms with Crippen LogP contribution in [-0.4, -0.2) is 21.2 Å². The maximum atomic E-state index is 11.3. The number of hydrogen-bond acceptors (Lipinski definition) is 7. The van der Waals surface area contributed by atoms with Gasteiger partial charge >= 0.3 is 0 Å². The number of nitrogens with zero attached hydrogens (tertiary/aromatic N) is 2. The number of rotatable bonds is 4. The molecular formula is C11H8N4O4S. The van der Waals surface area contributed by atoms with Gasteiger partial charge in [0, 0.05) is 17.7 Å². The molecule has 0 bridgehead atoms. The van der Waals surface area contributed by atoms with Crippen molar-refractivity contribution in [2.24, 2.45) is 0 Å². The Labute approximate surface area is 116 Å². The van der Waals surface area contributed by atoms with Gasteiger partial charge in [-0.1, -0.05) is 6.07 Å². The van der Waals surface area contributed by atoms with Crippen molar-refractivity contribution in [1.82, 2.24) is 9.97 Å². The number of nitrogens with two attached hydrogens (primary N) is 1. The van der Waals surface area contributed by atoms with Crippen molar-refractivity contribution in [3.05, 3.63) is 50.3 Å². The summed E-state index contributed by atoms with van der Waals surface area (Å²) >= 11 is 0.886. The molecule has 9 heteroatoms. The molecular weight excluding hydrogens is 284 g/mol.